The molecule has 1 amide bonds. The zero-order valence-electron chi connectivity index (χ0n) is 17.3. The molecule has 2 aromatic rings. The highest BCUT2D eigenvalue weighted by Crippen LogP contribution is 2.32. The molecule has 2 rings (SSSR count). The lowest BCUT2D eigenvalue weighted by atomic mass is 10.1. The molecule has 156 valence electrons. The molecule has 0 heterocycles. The van der Waals surface area contributed by atoms with Crippen LogP contribution in [0.1, 0.15) is 42.8 Å². The highest BCUT2D eigenvalue weighted by atomic mass is 16.6. The molecule has 0 saturated heterocycles. The first kappa shape index (κ1) is 22.1. The molecule has 0 bridgehead atoms. The van der Waals surface area contributed by atoms with E-state index in [1.165, 1.54) is 24.1 Å². The van der Waals surface area contributed by atoms with Gasteiger partial charge in [-0.05, 0) is 44.5 Å². The van der Waals surface area contributed by atoms with E-state index in [1.54, 1.807) is 33.9 Å². The number of carbonyl (C=O) groups is 2. The van der Waals surface area contributed by atoms with Crippen LogP contribution in [0, 0.1) is 0 Å². The number of likely N-dealkylation sites (N-methyl/N-ethyl adjacent to an activating group) is 1. The van der Waals surface area contributed by atoms with Gasteiger partial charge in [0.25, 0.3) is 0 Å². The minimum Gasteiger partial charge on any atom is -0.493 e. The molecule has 0 spiro atoms. The van der Waals surface area contributed by atoms with Gasteiger partial charge in [0.15, 0.2) is 11.5 Å². The summed E-state index contributed by atoms with van der Waals surface area (Å²) in [5, 5.41) is 9.17. The fourth-order valence-corrected chi connectivity index (χ4v) is 2.59. The molecule has 0 fully saturated rings. The van der Waals surface area contributed by atoms with Crippen molar-refractivity contribution in [1.29, 1.82) is 0 Å². The summed E-state index contributed by atoms with van der Waals surface area (Å²) in [5.41, 5.74) is 0.341. The van der Waals surface area contributed by atoms with Crippen LogP contribution in [0.4, 0.5) is 4.79 Å². The van der Waals surface area contributed by atoms with Gasteiger partial charge in [-0.25, -0.2) is 9.59 Å². The van der Waals surface area contributed by atoms with Crippen molar-refractivity contribution in [2.75, 3.05) is 20.7 Å². The second kappa shape index (κ2) is 9.32. The van der Waals surface area contributed by atoms with Crippen LogP contribution in [0.25, 0.3) is 0 Å². The Labute approximate surface area is 170 Å². The molecule has 0 unspecified atom stereocenters. The Morgan fingerprint density at radius 2 is 1.72 bits per heavy atom. The molecule has 29 heavy (non-hydrogen) atoms. The Morgan fingerprint density at radius 1 is 1.07 bits per heavy atom. The van der Waals surface area contributed by atoms with Gasteiger partial charge in [0.05, 0.1) is 19.2 Å². The maximum atomic E-state index is 12.4. The summed E-state index contributed by atoms with van der Waals surface area (Å²) in [5.74, 6) is -0.381. The number of rotatable bonds is 7. The fourth-order valence-electron chi connectivity index (χ4n) is 2.59. The Hall–Kier alpha value is -3.22. The summed E-state index contributed by atoms with van der Waals surface area (Å²) in [6, 6.07) is 13.8. The highest BCUT2D eigenvalue weighted by molar-refractivity contribution is 5.88. The summed E-state index contributed by atoms with van der Waals surface area (Å²) in [4.78, 5) is 25.0. The molecule has 1 N–H and O–H groups in total. The van der Waals surface area contributed by atoms with Crippen molar-refractivity contribution in [3.05, 3.63) is 59.7 Å². The van der Waals surface area contributed by atoms with E-state index in [4.69, 9.17) is 14.2 Å². The van der Waals surface area contributed by atoms with Crippen LogP contribution >= 0.6 is 0 Å². The minimum absolute atomic E-state index is 0.0938. The average molecular weight is 401 g/mol. The first-order valence-electron chi connectivity index (χ1n) is 9.17. The molecular weight excluding hydrogens is 374 g/mol. The van der Waals surface area contributed by atoms with Gasteiger partial charge in [0.1, 0.15) is 11.7 Å². The van der Waals surface area contributed by atoms with Crippen LogP contribution in [0.2, 0.25) is 0 Å². The van der Waals surface area contributed by atoms with Gasteiger partial charge >= 0.3 is 12.1 Å². The summed E-state index contributed by atoms with van der Waals surface area (Å²) >= 11 is 0. The SMILES string of the molecule is COc1cc(C(=O)O)ccc1O[C@H](CN(C)C(=O)OC(C)(C)C)c1ccccc1. The first-order valence-corrected chi connectivity index (χ1v) is 9.17. The van der Waals surface area contributed by atoms with Crippen molar-refractivity contribution in [2.45, 2.75) is 32.5 Å². The van der Waals surface area contributed by atoms with Crippen LogP contribution in [-0.4, -0.2) is 48.4 Å². The fraction of sp³-hybridized carbons (Fsp3) is 0.364. The number of ether oxygens (including phenoxy) is 3. The number of hydrogen-bond donors (Lipinski definition) is 1. The van der Waals surface area contributed by atoms with E-state index in [2.05, 4.69) is 0 Å². The van der Waals surface area contributed by atoms with Crippen molar-refractivity contribution in [2.24, 2.45) is 0 Å². The van der Waals surface area contributed by atoms with Crippen molar-refractivity contribution >= 4 is 12.1 Å². The third-order valence-corrected chi connectivity index (χ3v) is 4.00. The van der Waals surface area contributed by atoms with E-state index in [9.17, 15) is 14.7 Å². The number of benzene rings is 2. The van der Waals surface area contributed by atoms with Gasteiger partial charge in [-0.3, -0.25) is 0 Å². The number of carboxylic acid groups (broad SMARTS) is 1. The zero-order valence-corrected chi connectivity index (χ0v) is 17.3. The Morgan fingerprint density at radius 3 is 2.28 bits per heavy atom. The molecule has 7 heteroatoms. The van der Waals surface area contributed by atoms with Crippen LogP contribution in [0.5, 0.6) is 11.5 Å². The van der Waals surface area contributed by atoms with Gasteiger partial charge in [0.2, 0.25) is 0 Å². The molecule has 0 aliphatic rings. The Kier molecular flexibility index (Phi) is 7.09. The van der Waals surface area contributed by atoms with Gasteiger partial charge in [0, 0.05) is 7.05 Å². The normalized spacial score (nSPS) is 12.0. The van der Waals surface area contributed by atoms with E-state index < -0.39 is 23.8 Å². The van der Waals surface area contributed by atoms with E-state index in [0.29, 0.717) is 11.5 Å². The molecule has 0 saturated carbocycles. The predicted octanol–water partition coefficient (Wildman–Crippen LogP) is 4.38. The quantitative estimate of drug-likeness (QED) is 0.741. The van der Waals surface area contributed by atoms with Crippen molar-refractivity contribution in [1.82, 2.24) is 4.90 Å². The van der Waals surface area contributed by atoms with Crippen molar-refractivity contribution in [3.63, 3.8) is 0 Å². The number of nitrogens with zero attached hydrogens (tertiary/aromatic N) is 1. The van der Waals surface area contributed by atoms with E-state index >= 15 is 0 Å². The largest absolute Gasteiger partial charge is 0.493 e. The smallest absolute Gasteiger partial charge is 0.410 e. The summed E-state index contributed by atoms with van der Waals surface area (Å²) in [6.07, 6.45) is -0.978. The molecule has 0 aliphatic heterocycles. The minimum atomic E-state index is -1.06. The lowest BCUT2D eigenvalue weighted by molar-refractivity contribution is 0.0224. The van der Waals surface area contributed by atoms with Gasteiger partial charge in [-0.1, -0.05) is 30.3 Å². The molecule has 1 atom stereocenters. The third kappa shape index (κ3) is 6.41. The number of methoxy groups -OCH3 is 1. The Bertz CT molecular complexity index is 844. The van der Waals surface area contributed by atoms with Crippen molar-refractivity contribution in [3.8, 4) is 11.5 Å². The second-order valence-corrected chi connectivity index (χ2v) is 7.55. The summed E-state index contributed by atoms with van der Waals surface area (Å²) in [7, 11) is 3.08. The maximum absolute atomic E-state index is 12.4. The molecule has 2 aromatic carbocycles. The zero-order chi connectivity index (χ0) is 21.6. The number of amides is 1. The molecular formula is C22H27NO6. The van der Waals surface area contributed by atoms with E-state index in [-0.39, 0.29) is 12.1 Å². The lowest BCUT2D eigenvalue weighted by Crippen LogP contribution is -2.37. The standard InChI is InChI=1S/C22H27NO6/c1-22(2,3)29-21(26)23(4)14-19(15-9-7-6-8-10-15)28-17-12-11-16(20(24)25)13-18(17)27-5/h6-13,19H,14H2,1-5H3,(H,24,25)/t19-/m1/s1. The van der Waals surface area contributed by atoms with Gasteiger partial charge < -0.3 is 24.2 Å². The summed E-state index contributed by atoms with van der Waals surface area (Å²) < 4.78 is 16.9. The highest BCUT2D eigenvalue weighted by Gasteiger charge is 2.24. The topological polar surface area (TPSA) is 85.3 Å². The van der Waals surface area contributed by atoms with Crippen LogP contribution in [0.15, 0.2) is 48.5 Å². The van der Waals surface area contributed by atoms with Crippen LogP contribution < -0.4 is 9.47 Å². The van der Waals surface area contributed by atoms with Crippen LogP contribution in [-0.2, 0) is 4.74 Å². The maximum Gasteiger partial charge on any atom is 0.410 e. The Balaban J connectivity index is 2.28. The predicted molar refractivity (Wildman–Crippen MR) is 109 cm³/mol. The molecule has 0 radical (unpaired) electrons. The monoisotopic (exact) mass is 401 g/mol. The molecule has 0 aliphatic carbocycles. The second-order valence-electron chi connectivity index (χ2n) is 7.55. The average Bonchev–Trinajstić information content (AvgIpc) is 2.66. The first-order chi connectivity index (χ1) is 13.6. The third-order valence-electron chi connectivity index (χ3n) is 4.00. The molecule has 0 aromatic heterocycles. The summed E-state index contributed by atoms with van der Waals surface area (Å²) in [6.45, 7) is 5.64. The van der Waals surface area contributed by atoms with E-state index in [0.717, 1.165) is 5.56 Å². The van der Waals surface area contributed by atoms with Crippen molar-refractivity contribution < 1.29 is 28.9 Å². The number of carbonyl (C=O) groups excluding carboxylic acids is 1. The van der Waals surface area contributed by atoms with E-state index in [1.807, 2.05) is 30.3 Å². The number of hydrogen-bond acceptors (Lipinski definition) is 5. The van der Waals surface area contributed by atoms with Gasteiger partial charge in [-0.15, -0.1) is 0 Å². The number of aromatic carboxylic acids is 1. The lowest BCUT2D eigenvalue weighted by Gasteiger charge is -2.28. The molecule has 7 nitrogen and oxygen atoms in total. The van der Waals surface area contributed by atoms with Gasteiger partial charge in [-0.2, -0.15) is 0 Å². The van der Waals surface area contributed by atoms with Crippen LogP contribution in [0.3, 0.4) is 0 Å². The number of carboxylic acids is 1.